The van der Waals surface area contributed by atoms with Gasteiger partial charge in [-0.2, -0.15) is 0 Å². The summed E-state index contributed by atoms with van der Waals surface area (Å²) < 4.78 is 10.3. The van der Waals surface area contributed by atoms with Gasteiger partial charge in [-0.15, -0.1) is 0 Å². The third kappa shape index (κ3) is 5.09. The molecule has 1 unspecified atom stereocenters. The summed E-state index contributed by atoms with van der Waals surface area (Å²) >= 11 is 0. The molecule has 6 nitrogen and oxygen atoms in total. The Labute approximate surface area is 132 Å². The summed E-state index contributed by atoms with van der Waals surface area (Å²) in [6.07, 6.45) is 0. The minimum atomic E-state index is -0.394. The van der Waals surface area contributed by atoms with Crippen LogP contribution in [0.25, 0.3) is 0 Å². The maximum atomic E-state index is 11.6. The van der Waals surface area contributed by atoms with Crippen molar-refractivity contribution >= 4 is 11.9 Å². The van der Waals surface area contributed by atoms with Gasteiger partial charge < -0.3 is 19.8 Å². The zero-order valence-corrected chi connectivity index (χ0v) is 14.3. The third-order valence-corrected chi connectivity index (χ3v) is 3.48. The van der Waals surface area contributed by atoms with Crippen molar-refractivity contribution in [3.8, 4) is 0 Å². The van der Waals surface area contributed by atoms with E-state index in [4.69, 9.17) is 9.15 Å². The maximum Gasteiger partial charge on any atom is 0.341 e. The second kappa shape index (κ2) is 8.46. The number of aliphatic imine (C=N–C) groups is 1. The second-order valence-corrected chi connectivity index (χ2v) is 5.55. The van der Waals surface area contributed by atoms with Gasteiger partial charge in [-0.3, -0.25) is 0 Å². The van der Waals surface area contributed by atoms with Crippen LogP contribution in [0, 0.1) is 12.8 Å². The Morgan fingerprint density at radius 3 is 2.64 bits per heavy atom. The van der Waals surface area contributed by atoms with E-state index in [1.54, 1.807) is 13.0 Å². The quantitative estimate of drug-likeness (QED) is 0.479. The van der Waals surface area contributed by atoms with Crippen LogP contribution in [0.15, 0.2) is 15.5 Å². The first-order valence-corrected chi connectivity index (χ1v) is 7.61. The summed E-state index contributed by atoms with van der Waals surface area (Å²) in [5.41, 5.74) is 0.446. The molecule has 1 heterocycles. The lowest BCUT2D eigenvalue weighted by molar-refractivity contribution is 0.0599. The van der Waals surface area contributed by atoms with E-state index in [0.29, 0.717) is 35.6 Å². The minimum absolute atomic E-state index is 0.307. The molecule has 0 aliphatic carbocycles. The summed E-state index contributed by atoms with van der Waals surface area (Å²) in [4.78, 5) is 16.1. The first kappa shape index (κ1) is 18.1. The summed E-state index contributed by atoms with van der Waals surface area (Å²) in [5, 5.41) is 6.55. The van der Waals surface area contributed by atoms with Crippen LogP contribution in [0.4, 0.5) is 0 Å². The van der Waals surface area contributed by atoms with Gasteiger partial charge in [-0.1, -0.05) is 13.8 Å². The number of carbonyl (C=O) groups excluding carboxylic acids is 1. The molecule has 0 spiro atoms. The number of nitrogens with one attached hydrogen (secondary N) is 2. The Bertz CT molecular complexity index is 521. The zero-order chi connectivity index (χ0) is 16.7. The molecule has 0 amide bonds. The van der Waals surface area contributed by atoms with Crippen LogP contribution in [-0.2, 0) is 11.3 Å². The second-order valence-electron chi connectivity index (χ2n) is 5.55. The summed E-state index contributed by atoms with van der Waals surface area (Å²) in [6.45, 7) is 11.3. The lowest BCUT2D eigenvalue weighted by atomic mass is 10.1. The fraction of sp³-hybridized carbons (Fsp3) is 0.625. The van der Waals surface area contributed by atoms with Crippen LogP contribution in [0.1, 0.15) is 49.6 Å². The van der Waals surface area contributed by atoms with Gasteiger partial charge in [0, 0.05) is 12.6 Å². The number of ether oxygens (including phenoxy) is 1. The van der Waals surface area contributed by atoms with Gasteiger partial charge in [0.25, 0.3) is 0 Å². The van der Waals surface area contributed by atoms with E-state index >= 15 is 0 Å². The van der Waals surface area contributed by atoms with Crippen molar-refractivity contribution in [2.45, 2.75) is 47.2 Å². The van der Waals surface area contributed by atoms with Gasteiger partial charge >= 0.3 is 5.97 Å². The van der Waals surface area contributed by atoms with Crippen molar-refractivity contribution in [2.75, 3.05) is 13.7 Å². The molecule has 1 aromatic rings. The molecule has 0 fully saturated rings. The fourth-order valence-electron chi connectivity index (χ4n) is 1.79. The number of carbonyl (C=O) groups is 1. The van der Waals surface area contributed by atoms with E-state index in [1.165, 1.54) is 7.11 Å². The van der Waals surface area contributed by atoms with Crippen molar-refractivity contribution in [1.29, 1.82) is 0 Å². The first-order chi connectivity index (χ1) is 10.4. The van der Waals surface area contributed by atoms with Crippen LogP contribution in [0.3, 0.4) is 0 Å². The van der Waals surface area contributed by atoms with Gasteiger partial charge in [-0.25, -0.2) is 9.79 Å². The van der Waals surface area contributed by atoms with E-state index < -0.39 is 5.97 Å². The average molecular weight is 309 g/mol. The lowest BCUT2D eigenvalue weighted by Crippen LogP contribution is -2.44. The van der Waals surface area contributed by atoms with Crippen LogP contribution < -0.4 is 10.6 Å². The van der Waals surface area contributed by atoms with Crippen molar-refractivity contribution in [3.63, 3.8) is 0 Å². The topological polar surface area (TPSA) is 75.9 Å². The largest absolute Gasteiger partial charge is 0.465 e. The predicted molar refractivity (Wildman–Crippen MR) is 87.0 cm³/mol. The molecular weight excluding hydrogens is 282 g/mol. The molecule has 1 atom stereocenters. The van der Waals surface area contributed by atoms with Crippen LogP contribution >= 0.6 is 0 Å². The van der Waals surface area contributed by atoms with Gasteiger partial charge in [0.15, 0.2) is 5.96 Å². The van der Waals surface area contributed by atoms with Crippen LogP contribution in [0.5, 0.6) is 0 Å². The number of furan rings is 1. The molecule has 0 aromatic carbocycles. The molecule has 0 bridgehead atoms. The standard InChI is InChI=1S/C16H27N3O3/c1-7-17-16(19-11(4)10(2)3)18-9-13-8-14(12(5)22-13)15(20)21-6/h8,10-11H,7,9H2,1-6H3,(H2,17,18,19). The molecule has 0 saturated heterocycles. The number of aryl methyl sites for hydroxylation is 1. The van der Waals surface area contributed by atoms with Gasteiger partial charge in [0.2, 0.25) is 0 Å². The third-order valence-electron chi connectivity index (χ3n) is 3.48. The highest BCUT2D eigenvalue weighted by atomic mass is 16.5. The number of hydrogen-bond acceptors (Lipinski definition) is 4. The van der Waals surface area contributed by atoms with Crippen molar-refractivity contribution in [1.82, 2.24) is 10.6 Å². The van der Waals surface area contributed by atoms with Gasteiger partial charge in [0.1, 0.15) is 23.6 Å². The molecular formula is C16H27N3O3. The number of methoxy groups -OCH3 is 1. The fourth-order valence-corrected chi connectivity index (χ4v) is 1.79. The van der Waals surface area contributed by atoms with E-state index in [2.05, 4.69) is 36.4 Å². The number of hydrogen-bond donors (Lipinski definition) is 2. The highest BCUT2D eigenvalue weighted by Gasteiger charge is 2.15. The number of esters is 1. The summed E-state index contributed by atoms with van der Waals surface area (Å²) in [5.74, 6) is 2.02. The molecule has 1 rings (SSSR count). The van der Waals surface area contributed by atoms with E-state index in [1.807, 2.05) is 6.92 Å². The Morgan fingerprint density at radius 1 is 1.41 bits per heavy atom. The Kier molecular flexibility index (Phi) is 6.95. The molecule has 1 aromatic heterocycles. The highest BCUT2D eigenvalue weighted by molar-refractivity contribution is 5.90. The molecule has 0 aliphatic rings. The van der Waals surface area contributed by atoms with Crippen molar-refractivity contribution in [3.05, 3.63) is 23.2 Å². The number of nitrogens with zero attached hydrogens (tertiary/aromatic N) is 1. The summed E-state index contributed by atoms with van der Waals surface area (Å²) in [6, 6.07) is 1.99. The molecule has 0 saturated carbocycles. The molecule has 0 radical (unpaired) electrons. The number of rotatable bonds is 6. The smallest absolute Gasteiger partial charge is 0.341 e. The molecule has 124 valence electrons. The number of guanidine groups is 1. The predicted octanol–water partition coefficient (Wildman–Crippen LogP) is 2.47. The Hall–Kier alpha value is -1.98. The SMILES string of the molecule is CCNC(=NCc1cc(C(=O)OC)c(C)o1)NC(C)C(C)C. The maximum absolute atomic E-state index is 11.6. The van der Waals surface area contributed by atoms with Gasteiger partial charge in [-0.05, 0) is 32.8 Å². The lowest BCUT2D eigenvalue weighted by Gasteiger charge is -2.20. The summed E-state index contributed by atoms with van der Waals surface area (Å²) in [7, 11) is 1.35. The van der Waals surface area contributed by atoms with Crippen molar-refractivity contribution in [2.24, 2.45) is 10.9 Å². The molecule has 6 heteroatoms. The van der Waals surface area contributed by atoms with Crippen LogP contribution in [-0.4, -0.2) is 31.6 Å². The average Bonchev–Trinajstić information content (AvgIpc) is 2.85. The molecule has 0 aliphatic heterocycles. The molecule has 2 N–H and O–H groups in total. The van der Waals surface area contributed by atoms with Crippen LogP contribution in [0.2, 0.25) is 0 Å². The van der Waals surface area contributed by atoms with E-state index in [-0.39, 0.29) is 0 Å². The highest BCUT2D eigenvalue weighted by Crippen LogP contribution is 2.16. The zero-order valence-electron chi connectivity index (χ0n) is 14.3. The first-order valence-electron chi connectivity index (χ1n) is 7.61. The molecule has 22 heavy (non-hydrogen) atoms. The van der Waals surface area contributed by atoms with E-state index in [9.17, 15) is 4.79 Å². The van der Waals surface area contributed by atoms with Gasteiger partial charge in [0.05, 0.1) is 7.11 Å². The Balaban J connectivity index is 2.80. The van der Waals surface area contributed by atoms with E-state index in [0.717, 1.165) is 12.5 Å². The Morgan fingerprint density at radius 2 is 2.09 bits per heavy atom. The minimum Gasteiger partial charge on any atom is -0.465 e. The normalized spacial score (nSPS) is 13.1. The van der Waals surface area contributed by atoms with Crippen molar-refractivity contribution < 1.29 is 13.9 Å². The monoisotopic (exact) mass is 309 g/mol.